The van der Waals surface area contributed by atoms with Crippen molar-refractivity contribution in [3.63, 3.8) is 0 Å². The highest BCUT2D eigenvalue weighted by Crippen LogP contribution is 2.10. The summed E-state index contributed by atoms with van der Waals surface area (Å²) in [6, 6.07) is 7.35. The molecule has 4 nitrogen and oxygen atoms in total. The molecular weight excluding hydrogens is 308 g/mol. The number of Topliss-reactive ketones (excluding diaryl/α,β-unsaturated/α-hetero) is 1. The van der Waals surface area contributed by atoms with Crippen LogP contribution in [-0.4, -0.2) is 38.8 Å². The highest BCUT2D eigenvalue weighted by Gasteiger charge is 2.02. The van der Waals surface area contributed by atoms with Crippen molar-refractivity contribution in [2.45, 2.75) is 13.3 Å². The van der Waals surface area contributed by atoms with E-state index in [4.69, 9.17) is 0 Å². The third kappa shape index (κ3) is 9.53. The second kappa shape index (κ2) is 12.0. The van der Waals surface area contributed by atoms with Crippen LogP contribution in [0, 0.1) is 0 Å². The first-order valence-electron chi connectivity index (χ1n) is 6.23. The molecule has 0 saturated heterocycles. The molecule has 19 heavy (non-hydrogen) atoms. The van der Waals surface area contributed by atoms with E-state index in [2.05, 4.69) is 33.5 Å². The molecule has 0 aliphatic heterocycles. The summed E-state index contributed by atoms with van der Waals surface area (Å²) in [6.07, 6.45) is 1.96. The Kier molecular flexibility index (Phi) is 11.4. The van der Waals surface area contributed by atoms with Gasteiger partial charge in [0.15, 0.2) is 5.78 Å². The topological polar surface area (TPSA) is 58.2 Å². The van der Waals surface area contributed by atoms with Crippen LogP contribution >= 0.6 is 15.9 Å². The largest absolute Gasteiger partial charge is 0.313 e. The quantitative estimate of drug-likeness (QED) is 0.457. The van der Waals surface area contributed by atoms with Gasteiger partial charge in [0.2, 0.25) is 0 Å². The Bertz CT molecular complexity index is 366. The summed E-state index contributed by atoms with van der Waals surface area (Å²) in [6.45, 7) is 3.89. The van der Waals surface area contributed by atoms with Crippen LogP contribution in [0.15, 0.2) is 28.7 Å². The van der Waals surface area contributed by atoms with Gasteiger partial charge in [-0.15, -0.1) is 0 Å². The number of benzene rings is 1. The van der Waals surface area contributed by atoms with E-state index in [0.29, 0.717) is 13.1 Å². The molecule has 1 aromatic rings. The van der Waals surface area contributed by atoms with Crippen LogP contribution in [0.25, 0.3) is 0 Å². The molecule has 0 unspecified atom stereocenters. The number of hydrogen-bond donors (Lipinski definition) is 2. The van der Waals surface area contributed by atoms with Gasteiger partial charge in [0.25, 0.3) is 0 Å². The monoisotopic (exact) mass is 328 g/mol. The zero-order valence-corrected chi connectivity index (χ0v) is 13.0. The summed E-state index contributed by atoms with van der Waals surface area (Å²) in [5, 5.41) is 5.74. The fraction of sp³-hybridized carbons (Fsp3) is 0.429. The predicted octanol–water partition coefficient (Wildman–Crippen LogP) is 2.04. The lowest BCUT2D eigenvalue weighted by atomic mass is 10.1. The average molecular weight is 329 g/mol. The lowest BCUT2D eigenvalue weighted by Gasteiger charge is -1.98. The number of nitrogens with one attached hydrogen (secondary N) is 2. The number of rotatable bonds is 7. The fourth-order valence-corrected chi connectivity index (χ4v) is 1.50. The van der Waals surface area contributed by atoms with E-state index in [0.717, 1.165) is 29.3 Å². The first-order valence-corrected chi connectivity index (χ1v) is 7.02. The van der Waals surface area contributed by atoms with Crippen molar-refractivity contribution in [3.05, 3.63) is 34.3 Å². The molecule has 0 fully saturated rings. The molecule has 0 spiro atoms. The lowest BCUT2D eigenvalue weighted by Crippen LogP contribution is -2.18. The standard InChI is InChI=1S/C9H10BrNO.C5H11NO/c1-11-6-9(12)7-2-4-8(10)5-3-7;1-2-3-6-4-5-7/h2-5,11H,6H2,1H3;5-6H,2-4H2,1H3. The molecule has 5 heteroatoms. The maximum atomic E-state index is 11.3. The molecule has 0 saturated carbocycles. The molecule has 106 valence electrons. The van der Waals surface area contributed by atoms with Crippen LogP contribution in [-0.2, 0) is 4.79 Å². The number of aldehydes is 1. The zero-order valence-electron chi connectivity index (χ0n) is 11.4. The van der Waals surface area contributed by atoms with Crippen molar-refractivity contribution >= 4 is 28.0 Å². The van der Waals surface area contributed by atoms with Gasteiger partial charge in [-0.25, -0.2) is 0 Å². The molecule has 0 radical (unpaired) electrons. The van der Waals surface area contributed by atoms with E-state index >= 15 is 0 Å². The summed E-state index contributed by atoms with van der Waals surface area (Å²) >= 11 is 3.31. The van der Waals surface area contributed by atoms with Crippen molar-refractivity contribution < 1.29 is 9.59 Å². The van der Waals surface area contributed by atoms with Crippen molar-refractivity contribution in [2.75, 3.05) is 26.7 Å². The Hall–Kier alpha value is -1.04. The van der Waals surface area contributed by atoms with Gasteiger partial charge >= 0.3 is 0 Å². The Morgan fingerprint density at radius 1 is 1.32 bits per heavy atom. The van der Waals surface area contributed by atoms with Crippen LogP contribution in [0.1, 0.15) is 23.7 Å². The van der Waals surface area contributed by atoms with E-state index in [1.165, 1.54) is 0 Å². The molecule has 0 atom stereocenters. The molecule has 0 amide bonds. The van der Waals surface area contributed by atoms with Gasteiger partial charge in [-0.3, -0.25) is 4.79 Å². The van der Waals surface area contributed by atoms with Crippen LogP contribution in [0.4, 0.5) is 0 Å². The first-order chi connectivity index (χ1) is 9.15. The Balaban J connectivity index is 0.000000399. The van der Waals surface area contributed by atoms with Crippen LogP contribution in [0.2, 0.25) is 0 Å². The van der Waals surface area contributed by atoms with Gasteiger partial charge in [0, 0.05) is 10.0 Å². The molecule has 0 heterocycles. The van der Waals surface area contributed by atoms with Gasteiger partial charge in [0.05, 0.1) is 13.1 Å². The van der Waals surface area contributed by atoms with Crippen LogP contribution in [0.5, 0.6) is 0 Å². The SMILES string of the molecule is CCCNCC=O.CNCC(=O)c1ccc(Br)cc1. The third-order valence-electron chi connectivity index (χ3n) is 2.16. The number of halogens is 1. The fourth-order valence-electron chi connectivity index (χ4n) is 1.24. The van der Waals surface area contributed by atoms with Gasteiger partial charge in [-0.2, -0.15) is 0 Å². The molecule has 0 bridgehead atoms. The minimum atomic E-state index is 0.116. The molecule has 1 rings (SSSR count). The molecule has 0 aliphatic rings. The van der Waals surface area contributed by atoms with E-state index in [9.17, 15) is 9.59 Å². The van der Waals surface area contributed by atoms with Crippen molar-refractivity contribution in [1.82, 2.24) is 10.6 Å². The molecular formula is C14H21BrN2O2. The highest BCUT2D eigenvalue weighted by molar-refractivity contribution is 9.10. The average Bonchev–Trinajstić information content (AvgIpc) is 2.41. The normalized spacial score (nSPS) is 9.42. The minimum Gasteiger partial charge on any atom is -0.313 e. The smallest absolute Gasteiger partial charge is 0.176 e. The summed E-state index contributed by atoms with van der Waals surface area (Å²) in [4.78, 5) is 20.9. The van der Waals surface area contributed by atoms with E-state index in [1.54, 1.807) is 7.05 Å². The van der Waals surface area contributed by atoms with Crippen molar-refractivity contribution in [3.8, 4) is 0 Å². The number of likely N-dealkylation sites (N-methyl/N-ethyl adjacent to an activating group) is 1. The van der Waals surface area contributed by atoms with Gasteiger partial charge in [0.1, 0.15) is 6.29 Å². The van der Waals surface area contributed by atoms with Gasteiger partial charge < -0.3 is 15.4 Å². The number of hydrogen-bond acceptors (Lipinski definition) is 4. The van der Waals surface area contributed by atoms with E-state index in [1.807, 2.05) is 24.3 Å². The Morgan fingerprint density at radius 2 is 1.95 bits per heavy atom. The molecule has 1 aromatic carbocycles. The molecule has 2 N–H and O–H groups in total. The number of carbonyl (C=O) groups excluding carboxylic acids is 2. The summed E-state index contributed by atoms with van der Waals surface area (Å²) in [7, 11) is 1.76. The van der Waals surface area contributed by atoms with Crippen LogP contribution < -0.4 is 10.6 Å². The summed E-state index contributed by atoms with van der Waals surface area (Å²) in [5.74, 6) is 0.116. The molecule has 0 aromatic heterocycles. The van der Waals surface area contributed by atoms with Crippen molar-refractivity contribution in [1.29, 1.82) is 0 Å². The maximum absolute atomic E-state index is 11.3. The Labute approximate surface area is 123 Å². The lowest BCUT2D eigenvalue weighted by molar-refractivity contribution is -0.107. The summed E-state index contributed by atoms with van der Waals surface area (Å²) in [5.41, 5.74) is 0.743. The second-order valence-electron chi connectivity index (χ2n) is 3.83. The molecule has 0 aliphatic carbocycles. The van der Waals surface area contributed by atoms with Crippen LogP contribution in [0.3, 0.4) is 0 Å². The number of ketones is 1. The minimum absolute atomic E-state index is 0.116. The predicted molar refractivity (Wildman–Crippen MR) is 81.6 cm³/mol. The van der Waals surface area contributed by atoms with Crippen molar-refractivity contribution in [2.24, 2.45) is 0 Å². The third-order valence-corrected chi connectivity index (χ3v) is 2.69. The van der Waals surface area contributed by atoms with E-state index < -0.39 is 0 Å². The number of carbonyl (C=O) groups is 2. The second-order valence-corrected chi connectivity index (χ2v) is 4.75. The Morgan fingerprint density at radius 3 is 2.42 bits per heavy atom. The van der Waals surface area contributed by atoms with Gasteiger partial charge in [-0.1, -0.05) is 35.0 Å². The van der Waals surface area contributed by atoms with Gasteiger partial charge in [-0.05, 0) is 32.1 Å². The summed E-state index contributed by atoms with van der Waals surface area (Å²) < 4.78 is 0.989. The first kappa shape index (κ1) is 18.0. The maximum Gasteiger partial charge on any atom is 0.176 e. The van der Waals surface area contributed by atoms with E-state index in [-0.39, 0.29) is 5.78 Å². The zero-order chi connectivity index (χ0) is 14.5. The highest BCUT2D eigenvalue weighted by atomic mass is 79.9.